The van der Waals surface area contributed by atoms with Crippen molar-refractivity contribution in [2.24, 2.45) is 5.73 Å². The summed E-state index contributed by atoms with van der Waals surface area (Å²) in [6.07, 6.45) is 1.67. The average molecular weight is 312 g/mol. The molecule has 1 aromatic heterocycles. The van der Waals surface area contributed by atoms with Gasteiger partial charge in [0, 0.05) is 23.7 Å². The van der Waals surface area contributed by atoms with Crippen LogP contribution in [0.4, 0.5) is 8.78 Å². The van der Waals surface area contributed by atoms with Gasteiger partial charge in [0.25, 0.3) is 0 Å². The summed E-state index contributed by atoms with van der Waals surface area (Å²) in [5, 5.41) is 1.90. The third-order valence-corrected chi connectivity index (χ3v) is 4.08. The van der Waals surface area contributed by atoms with Crippen molar-refractivity contribution in [3.63, 3.8) is 0 Å². The van der Waals surface area contributed by atoms with E-state index in [1.807, 2.05) is 6.07 Å². The number of pyridine rings is 1. The fraction of sp³-hybridized carbons (Fsp3) is 0.211. The van der Waals surface area contributed by atoms with Crippen molar-refractivity contribution in [3.05, 3.63) is 65.5 Å². The molecule has 0 atom stereocenters. The lowest BCUT2D eigenvalue weighted by Crippen LogP contribution is -2.02. The van der Waals surface area contributed by atoms with Gasteiger partial charge in [0.1, 0.15) is 0 Å². The van der Waals surface area contributed by atoms with Crippen molar-refractivity contribution in [3.8, 4) is 11.1 Å². The van der Waals surface area contributed by atoms with Crippen LogP contribution < -0.4 is 5.73 Å². The van der Waals surface area contributed by atoms with Gasteiger partial charge < -0.3 is 5.73 Å². The van der Waals surface area contributed by atoms with Crippen LogP contribution in [-0.4, -0.2) is 4.98 Å². The van der Waals surface area contributed by atoms with Crippen molar-refractivity contribution < 1.29 is 8.78 Å². The van der Waals surface area contributed by atoms with E-state index in [0.717, 1.165) is 28.1 Å². The zero-order valence-electron chi connectivity index (χ0n) is 13.1. The monoisotopic (exact) mass is 312 g/mol. The number of hydrogen-bond acceptors (Lipinski definition) is 2. The van der Waals surface area contributed by atoms with E-state index in [-0.39, 0.29) is 0 Å². The summed E-state index contributed by atoms with van der Waals surface area (Å²) in [6.45, 7) is 4.57. The molecule has 0 spiro atoms. The number of fused-ring (bicyclic) bond motifs is 1. The van der Waals surface area contributed by atoms with E-state index in [4.69, 9.17) is 5.73 Å². The fourth-order valence-corrected chi connectivity index (χ4v) is 2.73. The second-order valence-electron chi connectivity index (χ2n) is 5.91. The lowest BCUT2D eigenvalue weighted by molar-refractivity contribution is 0.509. The Bertz CT molecular complexity index is 873. The molecule has 0 bridgehead atoms. The highest BCUT2D eigenvalue weighted by atomic mass is 19.2. The normalized spacial score (nSPS) is 11.4. The Morgan fingerprint density at radius 2 is 1.78 bits per heavy atom. The standard InChI is InChI=1S/C19H18F2N2/c1-11(2)12-3-5-14-15(7-12)19(9-22)23-10-16(14)13-4-6-17(20)18(21)8-13/h3-8,10-11H,9,22H2,1-2H3. The molecular formula is C19H18F2N2. The fourth-order valence-electron chi connectivity index (χ4n) is 2.73. The van der Waals surface area contributed by atoms with Crippen LogP contribution in [0.1, 0.15) is 31.0 Å². The number of aromatic nitrogens is 1. The first-order chi connectivity index (χ1) is 11.0. The molecule has 2 aromatic carbocycles. The average Bonchev–Trinajstić information content (AvgIpc) is 2.55. The van der Waals surface area contributed by atoms with Crippen LogP contribution in [0.5, 0.6) is 0 Å². The molecule has 0 unspecified atom stereocenters. The Morgan fingerprint density at radius 1 is 1.00 bits per heavy atom. The van der Waals surface area contributed by atoms with Crippen LogP contribution in [0.3, 0.4) is 0 Å². The van der Waals surface area contributed by atoms with E-state index in [1.165, 1.54) is 11.6 Å². The smallest absolute Gasteiger partial charge is 0.159 e. The first-order valence-electron chi connectivity index (χ1n) is 7.58. The summed E-state index contributed by atoms with van der Waals surface area (Å²) in [6, 6.07) is 10.0. The van der Waals surface area contributed by atoms with Crippen molar-refractivity contribution in [2.45, 2.75) is 26.3 Å². The minimum Gasteiger partial charge on any atom is -0.325 e. The van der Waals surface area contributed by atoms with Crippen LogP contribution in [-0.2, 0) is 6.54 Å². The van der Waals surface area contributed by atoms with Crippen LogP contribution in [0.25, 0.3) is 21.9 Å². The van der Waals surface area contributed by atoms with E-state index < -0.39 is 11.6 Å². The lowest BCUT2D eigenvalue weighted by atomic mass is 9.94. The first-order valence-corrected chi connectivity index (χ1v) is 7.58. The van der Waals surface area contributed by atoms with Gasteiger partial charge in [-0.1, -0.05) is 32.0 Å². The molecular weight excluding hydrogens is 294 g/mol. The largest absolute Gasteiger partial charge is 0.325 e. The molecule has 1 heterocycles. The Labute approximate surface area is 134 Å². The molecule has 0 saturated carbocycles. The van der Waals surface area contributed by atoms with E-state index in [1.54, 1.807) is 12.3 Å². The van der Waals surface area contributed by atoms with Crippen LogP contribution in [0, 0.1) is 11.6 Å². The Kier molecular flexibility index (Phi) is 4.09. The molecule has 4 heteroatoms. The molecule has 3 rings (SSSR count). The number of nitrogens with zero attached hydrogens (tertiary/aromatic N) is 1. The van der Waals surface area contributed by atoms with Crippen LogP contribution in [0.2, 0.25) is 0 Å². The van der Waals surface area contributed by atoms with Gasteiger partial charge in [-0.25, -0.2) is 8.78 Å². The zero-order valence-corrected chi connectivity index (χ0v) is 13.1. The number of hydrogen-bond donors (Lipinski definition) is 1. The van der Waals surface area contributed by atoms with Crippen molar-refractivity contribution in [1.82, 2.24) is 4.98 Å². The van der Waals surface area contributed by atoms with Gasteiger partial charge in [0.05, 0.1) is 5.69 Å². The summed E-state index contributed by atoms with van der Waals surface area (Å²) < 4.78 is 26.7. The maximum atomic E-state index is 13.6. The van der Waals surface area contributed by atoms with E-state index in [0.29, 0.717) is 18.0 Å². The van der Waals surface area contributed by atoms with Gasteiger partial charge in [-0.2, -0.15) is 0 Å². The quantitative estimate of drug-likeness (QED) is 0.757. The summed E-state index contributed by atoms with van der Waals surface area (Å²) in [4.78, 5) is 4.41. The van der Waals surface area contributed by atoms with Gasteiger partial charge in [0.2, 0.25) is 0 Å². The summed E-state index contributed by atoms with van der Waals surface area (Å²) in [5.74, 6) is -1.33. The number of rotatable bonds is 3. The van der Waals surface area contributed by atoms with Crippen molar-refractivity contribution in [2.75, 3.05) is 0 Å². The highest BCUT2D eigenvalue weighted by Crippen LogP contribution is 2.32. The third-order valence-electron chi connectivity index (χ3n) is 4.08. The van der Waals surface area contributed by atoms with Crippen molar-refractivity contribution >= 4 is 10.8 Å². The van der Waals surface area contributed by atoms with Crippen LogP contribution >= 0.6 is 0 Å². The second kappa shape index (κ2) is 6.05. The molecule has 0 amide bonds. The molecule has 3 aromatic rings. The number of halogens is 2. The molecule has 0 fully saturated rings. The molecule has 0 saturated heterocycles. The van der Waals surface area contributed by atoms with Crippen molar-refractivity contribution in [1.29, 1.82) is 0 Å². The second-order valence-corrected chi connectivity index (χ2v) is 5.91. The van der Waals surface area contributed by atoms with E-state index >= 15 is 0 Å². The molecule has 2 N–H and O–H groups in total. The molecule has 0 radical (unpaired) electrons. The van der Waals surface area contributed by atoms with E-state index in [2.05, 4.69) is 31.0 Å². The number of benzene rings is 2. The molecule has 0 aliphatic heterocycles. The topological polar surface area (TPSA) is 38.9 Å². The molecule has 0 aliphatic rings. The van der Waals surface area contributed by atoms with Gasteiger partial charge in [-0.3, -0.25) is 4.98 Å². The lowest BCUT2D eigenvalue weighted by Gasteiger charge is -2.13. The Hall–Kier alpha value is -2.33. The summed E-state index contributed by atoms with van der Waals surface area (Å²) >= 11 is 0. The molecule has 118 valence electrons. The third kappa shape index (κ3) is 2.82. The highest BCUT2D eigenvalue weighted by molar-refractivity contribution is 5.97. The van der Waals surface area contributed by atoms with Gasteiger partial charge in [-0.05, 0) is 40.6 Å². The van der Waals surface area contributed by atoms with Gasteiger partial charge in [-0.15, -0.1) is 0 Å². The number of nitrogens with two attached hydrogens (primary N) is 1. The predicted molar refractivity (Wildman–Crippen MR) is 89.1 cm³/mol. The van der Waals surface area contributed by atoms with E-state index in [9.17, 15) is 8.78 Å². The molecule has 2 nitrogen and oxygen atoms in total. The minimum atomic E-state index is -0.864. The Morgan fingerprint density at radius 3 is 2.43 bits per heavy atom. The predicted octanol–water partition coefficient (Wildman–Crippen LogP) is 4.76. The van der Waals surface area contributed by atoms with Gasteiger partial charge >= 0.3 is 0 Å². The van der Waals surface area contributed by atoms with Crippen LogP contribution in [0.15, 0.2) is 42.6 Å². The zero-order chi connectivity index (χ0) is 16.6. The summed E-state index contributed by atoms with van der Waals surface area (Å²) in [5.41, 5.74) is 9.16. The maximum Gasteiger partial charge on any atom is 0.159 e. The summed E-state index contributed by atoms with van der Waals surface area (Å²) in [7, 11) is 0. The minimum absolute atomic E-state index is 0.329. The SMILES string of the molecule is CC(C)c1ccc2c(-c3ccc(F)c(F)c3)cnc(CN)c2c1. The molecule has 23 heavy (non-hydrogen) atoms. The first kappa shape index (κ1) is 15.6. The van der Waals surface area contributed by atoms with Gasteiger partial charge in [0.15, 0.2) is 11.6 Å². The highest BCUT2D eigenvalue weighted by Gasteiger charge is 2.12. The Balaban J connectivity index is 2.27. The molecule has 0 aliphatic carbocycles. The maximum absolute atomic E-state index is 13.6.